The summed E-state index contributed by atoms with van der Waals surface area (Å²) in [5, 5.41) is 7.63. The number of aromatic nitrogens is 2. The van der Waals surface area contributed by atoms with Crippen molar-refractivity contribution < 1.29 is 0 Å². The maximum atomic E-state index is 4.26. The van der Waals surface area contributed by atoms with Gasteiger partial charge in [0, 0.05) is 33.2 Å². The first-order valence-electron chi connectivity index (χ1n) is 5.32. The number of aryl methyl sites for hydroxylation is 1. The molecule has 1 fully saturated rings. The van der Waals surface area contributed by atoms with Gasteiger partial charge in [0.1, 0.15) is 0 Å². The van der Waals surface area contributed by atoms with E-state index in [1.807, 2.05) is 17.9 Å². The molecule has 0 aliphatic carbocycles. The van der Waals surface area contributed by atoms with Gasteiger partial charge in [-0.15, -0.1) is 0 Å². The summed E-state index contributed by atoms with van der Waals surface area (Å²) in [5.74, 6) is 0. The van der Waals surface area contributed by atoms with Crippen molar-refractivity contribution in [3.05, 3.63) is 16.4 Å². The van der Waals surface area contributed by atoms with E-state index < -0.39 is 0 Å². The molecule has 84 valence electrons. The fourth-order valence-corrected chi connectivity index (χ4v) is 2.81. The average molecular weight is 273 g/mol. The van der Waals surface area contributed by atoms with Gasteiger partial charge in [-0.25, -0.2) is 0 Å². The zero-order valence-electron chi connectivity index (χ0n) is 9.20. The molecular formula is C10H17BrN4. The monoisotopic (exact) mass is 272 g/mol. The largest absolute Gasteiger partial charge is 0.314 e. The van der Waals surface area contributed by atoms with Gasteiger partial charge in [-0.05, 0) is 22.9 Å². The summed E-state index contributed by atoms with van der Waals surface area (Å²) in [5.41, 5.74) is 1.26. The first kappa shape index (κ1) is 11.1. The van der Waals surface area contributed by atoms with E-state index in [4.69, 9.17) is 0 Å². The van der Waals surface area contributed by atoms with Crippen molar-refractivity contribution in [2.45, 2.75) is 13.0 Å². The van der Waals surface area contributed by atoms with Gasteiger partial charge in [-0.1, -0.05) is 0 Å². The van der Waals surface area contributed by atoms with Gasteiger partial charge in [0.05, 0.1) is 22.4 Å². The van der Waals surface area contributed by atoms with Crippen molar-refractivity contribution in [3.63, 3.8) is 0 Å². The van der Waals surface area contributed by atoms with E-state index >= 15 is 0 Å². The minimum Gasteiger partial charge on any atom is -0.314 e. The highest BCUT2D eigenvalue weighted by Gasteiger charge is 2.22. The van der Waals surface area contributed by atoms with E-state index in [0.717, 1.165) is 30.7 Å². The van der Waals surface area contributed by atoms with Crippen LogP contribution in [0.25, 0.3) is 0 Å². The van der Waals surface area contributed by atoms with Crippen molar-refractivity contribution in [1.29, 1.82) is 0 Å². The average Bonchev–Trinajstić information content (AvgIpc) is 2.59. The summed E-state index contributed by atoms with van der Waals surface area (Å²) >= 11 is 3.56. The van der Waals surface area contributed by atoms with Crippen LogP contribution in [0.5, 0.6) is 0 Å². The van der Waals surface area contributed by atoms with Crippen LogP contribution in [0, 0.1) is 0 Å². The summed E-state index contributed by atoms with van der Waals surface area (Å²) in [7, 11) is 2.00. The molecule has 15 heavy (non-hydrogen) atoms. The minimum absolute atomic E-state index is 0.425. The summed E-state index contributed by atoms with van der Waals surface area (Å²) in [4.78, 5) is 2.48. The second kappa shape index (κ2) is 4.63. The third-order valence-electron chi connectivity index (χ3n) is 3.03. The van der Waals surface area contributed by atoms with Gasteiger partial charge in [-0.2, -0.15) is 5.10 Å². The van der Waals surface area contributed by atoms with Crippen molar-refractivity contribution in [2.24, 2.45) is 7.05 Å². The standard InChI is InChI=1S/C10H17BrN4/c1-8(15-5-3-12-4-6-15)10-9(11)7-13-14(10)2/h7-8,12H,3-6H2,1-2H3. The second-order valence-corrected chi connectivity index (χ2v) is 4.82. The minimum atomic E-state index is 0.425. The molecule has 0 amide bonds. The van der Waals surface area contributed by atoms with Gasteiger partial charge in [-0.3, -0.25) is 9.58 Å². The molecule has 0 spiro atoms. The SMILES string of the molecule is CC(c1c(Br)cnn1C)N1CCNCC1. The van der Waals surface area contributed by atoms with Crippen molar-refractivity contribution in [1.82, 2.24) is 20.0 Å². The van der Waals surface area contributed by atoms with E-state index in [9.17, 15) is 0 Å². The molecule has 1 N–H and O–H groups in total. The van der Waals surface area contributed by atoms with E-state index in [1.54, 1.807) is 0 Å². The Morgan fingerprint density at radius 2 is 2.13 bits per heavy atom. The van der Waals surface area contributed by atoms with Crippen LogP contribution in [0.3, 0.4) is 0 Å². The van der Waals surface area contributed by atoms with Crippen LogP contribution in [0.4, 0.5) is 0 Å². The Morgan fingerprint density at radius 3 is 2.67 bits per heavy atom. The molecule has 5 heteroatoms. The molecule has 2 rings (SSSR count). The molecule has 4 nitrogen and oxygen atoms in total. The molecular weight excluding hydrogens is 256 g/mol. The van der Waals surface area contributed by atoms with Crippen LogP contribution in [0.2, 0.25) is 0 Å². The fraction of sp³-hybridized carbons (Fsp3) is 0.700. The fourth-order valence-electron chi connectivity index (χ4n) is 2.13. The highest BCUT2D eigenvalue weighted by Crippen LogP contribution is 2.26. The number of hydrogen-bond acceptors (Lipinski definition) is 3. The molecule has 0 radical (unpaired) electrons. The van der Waals surface area contributed by atoms with E-state index in [-0.39, 0.29) is 0 Å². The molecule has 1 unspecified atom stereocenters. The zero-order valence-corrected chi connectivity index (χ0v) is 10.8. The van der Waals surface area contributed by atoms with Crippen LogP contribution < -0.4 is 5.32 Å². The Bertz CT molecular complexity index is 311. The van der Waals surface area contributed by atoms with Crippen LogP contribution in [0.15, 0.2) is 10.7 Å². The van der Waals surface area contributed by atoms with Crippen LogP contribution >= 0.6 is 15.9 Å². The van der Waals surface area contributed by atoms with Gasteiger partial charge in [0.25, 0.3) is 0 Å². The van der Waals surface area contributed by atoms with Crippen molar-refractivity contribution in [3.8, 4) is 0 Å². The predicted octanol–water partition coefficient (Wildman–Crippen LogP) is 1.15. The second-order valence-electron chi connectivity index (χ2n) is 3.96. The Labute approximate surface area is 98.8 Å². The predicted molar refractivity (Wildman–Crippen MR) is 63.8 cm³/mol. The number of nitrogens with zero attached hydrogens (tertiary/aromatic N) is 3. The van der Waals surface area contributed by atoms with Crippen LogP contribution in [-0.2, 0) is 7.05 Å². The Kier molecular flexibility index (Phi) is 3.43. The number of halogens is 1. The summed E-state index contributed by atoms with van der Waals surface area (Å²) in [6.07, 6.45) is 1.87. The molecule has 0 aromatic carbocycles. The Morgan fingerprint density at radius 1 is 1.47 bits per heavy atom. The first-order valence-corrected chi connectivity index (χ1v) is 6.11. The molecule has 1 aromatic rings. The lowest BCUT2D eigenvalue weighted by molar-refractivity contribution is 0.178. The van der Waals surface area contributed by atoms with Crippen LogP contribution in [-0.4, -0.2) is 40.9 Å². The number of nitrogens with one attached hydrogen (secondary N) is 1. The molecule has 0 bridgehead atoms. The Hall–Kier alpha value is -0.390. The number of piperazine rings is 1. The van der Waals surface area contributed by atoms with Gasteiger partial charge in [0.15, 0.2) is 0 Å². The number of rotatable bonds is 2. The quantitative estimate of drug-likeness (QED) is 0.877. The molecule has 1 aliphatic rings. The van der Waals surface area contributed by atoms with Gasteiger partial charge in [0.2, 0.25) is 0 Å². The molecule has 1 saturated heterocycles. The lowest BCUT2D eigenvalue weighted by Gasteiger charge is -2.32. The molecule has 0 saturated carbocycles. The smallest absolute Gasteiger partial charge is 0.0691 e. The molecule has 1 atom stereocenters. The third-order valence-corrected chi connectivity index (χ3v) is 3.64. The van der Waals surface area contributed by atoms with Crippen molar-refractivity contribution in [2.75, 3.05) is 26.2 Å². The third kappa shape index (κ3) is 2.24. The maximum absolute atomic E-state index is 4.26. The Balaban J connectivity index is 2.15. The van der Waals surface area contributed by atoms with E-state index in [0.29, 0.717) is 6.04 Å². The van der Waals surface area contributed by atoms with Gasteiger partial charge >= 0.3 is 0 Å². The van der Waals surface area contributed by atoms with Crippen molar-refractivity contribution >= 4 is 15.9 Å². The first-order chi connectivity index (χ1) is 7.20. The topological polar surface area (TPSA) is 33.1 Å². The van der Waals surface area contributed by atoms with Gasteiger partial charge < -0.3 is 5.32 Å². The highest BCUT2D eigenvalue weighted by atomic mass is 79.9. The molecule has 2 heterocycles. The normalized spacial score (nSPS) is 20.5. The molecule has 1 aromatic heterocycles. The maximum Gasteiger partial charge on any atom is 0.0691 e. The molecule has 1 aliphatic heterocycles. The lowest BCUT2D eigenvalue weighted by atomic mass is 10.2. The summed E-state index contributed by atoms with van der Waals surface area (Å²) in [6.45, 7) is 6.63. The van der Waals surface area contributed by atoms with E-state index in [1.165, 1.54) is 5.69 Å². The van der Waals surface area contributed by atoms with Crippen LogP contribution in [0.1, 0.15) is 18.7 Å². The lowest BCUT2D eigenvalue weighted by Crippen LogP contribution is -2.44. The van der Waals surface area contributed by atoms with E-state index in [2.05, 4.69) is 38.2 Å². The summed E-state index contributed by atoms with van der Waals surface area (Å²) in [6, 6.07) is 0.425. The number of hydrogen-bond donors (Lipinski definition) is 1. The summed E-state index contributed by atoms with van der Waals surface area (Å²) < 4.78 is 3.06. The zero-order chi connectivity index (χ0) is 10.8. The highest BCUT2D eigenvalue weighted by molar-refractivity contribution is 9.10.